The summed E-state index contributed by atoms with van der Waals surface area (Å²) in [5.41, 5.74) is 2.25. The van der Waals surface area contributed by atoms with Gasteiger partial charge in [0.15, 0.2) is 5.13 Å². The Labute approximate surface area is 116 Å². The summed E-state index contributed by atoms with van der Waals surface area (Å²) in [7, 11) is 3.57. The summed E-state index contributed by atoms with van der Waals surface area (Å²) in [6, 6.07) is 4.14. The third-order valence-corrected chi connectivity index (χ3v) is 4.25. The predicted octanol–water partition coefficient (Wildman–Crippen LogP) is 3.18. The molecule has 0 fully saturated rings. The zero-order valence-corrected chi connectivity index (χ0v) is 12.0. The number of thiazole rings is 1. The number of nitrogens with one attached hydrogen (secondary N) is 1. The average Bonchev–Trinajstić information content (AvgIpc) is 3.01. The van der Waals surface area contributed by atoms with Crippen molar-refractivity contribution in [2.45, 2.75) is 19.4 Å². The highest BCUT2D eigenvalue weighted by atomic mass is 32.1. The zero-order valence-electron chi connectivity index (χ0n) is 11.2. The third-order valence-electron chi connectivity index (χ3n) is 3.20. The lowest BCUT2D eigenvalue weighted by Gasteiger charge is -2.09. The minimum atomic E-state index is 0.240. The Morgan fingerprint density at radius 3 is 3.00 bits per heavy atom. The molecule has 100 valence electrons. The van der Waals surface area contributed by atoms with Crippen molar-refractivity contribution in [2.24, 2.45) is 0 Å². The lowest BCUT2D eigenvalue weighted by Crippen LogP contribution is -2.05. The standard InChI is InChI=1S/C14H16N2O2S/c1-8-4-9-5-12(17-3)10(6-11(9)18-8)13-7-16-14(15-2)19-13/h5-8H,4H2,1-3H3,(H,15,16). The molecular weight excluding hydrogens is 260 g/mol. The number of fused-ring (bicyclic) bond motifs is 1. The van der Waals surface area contributed by atoms with Crippen LogP contribution in [-0.4, -0.2) is 25.2 Å². The van der Waals surface area contributed by atoms with Gasteiger partial charge in [0.25, 0.3) is 0 Å². The highest BCUT2D eigenvalue weighted by molar-refractivity contribution is 7.18. The molecule has 0 radical (unpaired) electrons. The summed E-state index contributed by atoms with van der Waals surface area (Å²) in [6.07, 6.45) is 3.04. The number of anilines is 1. The molecule has 0 saturated heterocycles. The van der Waals surface area contributed by atoms with Crippen molar-refractivity contribution in [2.75, 3.05) is 19.5 Å². The van der Waals surface area contributed by atoms with Gasteiger partial charge in [0.05, 0.1) is 12.0 Å². The molecule has 1 unspecified atom stereocenters. The van der Waals surface area contributed by atoms with E-state index >= 15 is 0 Å². The van der Waals surface area contributed by atoms with Gasteiger partial charge in [-0.1, -0.05) is 11.3 Å². The zero-order chi connectivity index (χ0) is 13.4. The Bertz CT molecular complexity index is 609. The van der Waals surface area contributed by atoms with E-state index < -0.39 is 0 Å². The lowest BCUT2D eigenvalue weighted by molar-refractivity contribution is 0.254. The molecule has 0 bridgehead atoms. The summed E-state index contributed by atoms with van der Waals surface area (Å²) >= 11 is 1.60. The molecule has 1 aliphatic rings. The average molecular weight is 276 g/mol. The van der Waals surface area contributed by atoms with Crippen LogP contribution >= 0.6 is 11.3 Å². The number of aromatic nitrogens is 1. The van der Waals surface area contributed by atoms with Crippen molar-refractivity contribution >= 4 is 16.5 Å². The molecule has 0 amide bonds. The van der Waals surface area contributed by atoms with E-state index in [0.29, 0.717) is 0 Å². The summed E-state index contributed by atoms with van der Waals surface area (Å²) in [5.74, 6) is 1.84. The second-order valence-electron chi connectivity index (χ2n) is 4.57. The molecule has 0 aliphatic carbocycles. The SMILES string of the molecule is CNc1ncc(-c2cc3c(cc2OC)CC(C)O3)s1. The number of ether oxygens (including phenoxy) is 2. The first-order valence-electron chi connectivity index (χ1n) is 6.22. The smallest absolute Gasteiger partial charge is 0.182 e. The largest absolute Gasteiger partial charge is 0.496 e. The minimum Gasteiger partial charge on any atom is -0.496 e. The van der Waals surface area contributed by atoms with Crippen molar-refractivity contribution in [1.82, 2.24) is 4.98 Å². The van der Waals surface area contributed by atoms with Crippen LogP contribution in [0.2, 0.25) is 0 Å². The number of methoxy groups -OCH3 is 1. The fraction of sp³-hybridized carbons (Fsp3) is 0.357. The third kappa shape index (κ3) is 2.14. The molecule has 2 aromatic rings. The van der Waals surface area contributed by atoms with Gasteiger partial charge in [0.2, 0.25) is 0 Å². The Kier molecular flexibility index (Phi) is 3.06. The summed E-state index contributed by atoms with van der Waals surface area (Å²) in [6.45, 7) is 2.08. The van der Waals surface area contributed by atoms with E-state index in [-0.39, 0.29) is 6.10 Å². The molecule has 1 aliphatic heterocycles. The van der Waals surface area contributed by atoms with Crippen LogP contribution in [0, 0.1) is 0 Å². The van der Waals surface area contributed by atoms with Crippen molar-refractivity contribution in [3.8, 4) is 21.9 Å². The maximum atomic E-state index is 5.81. The summed E-state index contributed by atoms with van der Waals surface area (Å²) in [5, 5.41) is 3.94. The van der Waals surface area contributed by atoms with E-state index in [1.807, 2.05) is 13.2 Å². The molecule has 1 N–H and O–H groups in total. The van der Waals surface area contributed by atoms with Gasteiger partial charge in [-0.05, 0) is 19.1 Å². The first-order chi connectivity index (χ1) is 9.21. The monoisotopic (exact) mass is 276 g/mol. The molecule has 0 saturated carbocycles. The van der Waals surface area contributed by atoms with E-state index in [1.54, 1.807) is 18.4 Å². The topological polar surface area (TPSA) is 43.4 Å². The number of rotatable bonds is 3. The molecule has 4 nitrogen and oxygen atoms in total. The predicted molar refractivity (Wildman–Crippen MR) is 77.4 cm³/mol. The van der Waals surface area contributed by atoms with E-state index in [1.165, 1.54) is 5.56 Å². The van der Waals surface area contributed by atoms with Gasteiger partial charge >= 0.3 is 0 Å². The first kappa shape index (κ1) is 12.3. The summed E-state index contributed by atoms with van der Waals surface area (Å²) < 4.78 is 11.3. The van der Waals surface area contributed by atoms with Crippen LogP contribution < -0.4 is 14.8 Å². The second kappa shape index (κ2) is 4.74. The lowest BCUT2D eigenvalue weighted by atomic mass is 10.1. The molecule has 19 heavy (non-hydrogen) atoms. The highest BCUT2D eigenvalue weighted by Gasteiger charge is 2.22. The normalized spacial score (nSPS) is 16.9. The Morgan fingerprint density at radius 2 is 2.32 bits per heavy atom. The summed E-state index contributed by atoms with van der Waals surface area (Å²) in [4.78, 5) is 5.38. The number of nitrogens with zero attached hydrogens (tertiary/aromatic N) is 1. The van der Waals surface area contributed by atoms with Crippen LogP contribution in [0.15, 0.2) is 18.3 Å². The van der Waals surface area contributed by atoms with Gasteiger partial charge in [0, 0.05) is 30.8 Å². The molecule has 3 rings (SSSR count). The van der Waals surface area contributed by atoms with E-state index in [0.717, 1.165) is 33.5 Å². The Balaban J connectivity index is 2.07. The van der Waals surface area contributed by atoms with Crippen LogP contribution in [-0.2, 0) is 6.42 Å². The van der Waals surface area contributed by atoms with Crippen LogP contribution in [0.3, 0.4) is 0 Å². The van der Waals surface area contributed by atoms with Gasteiger partial charge in [-0.25, -0.2) is 4.98 Å². The van der Waals surface area contributed by atoms with Gasteiger partial charge in [-0.3, -0.25) is 0 Å². The van der Waals surface area contributed by atoms with E-state index in [2.05, 4.69) is 29.4 Å². The molecule has 1 aromatic carbocycles. The van der Waals surface area contributed by atoms with Gasteiger partial charge in [-0.2, -0.15) is 0 Å². The Morgan fingerprint density at radius 1 is 1.47 bits per heavy atom. The minimum absolute atomic E-state index is 0.240. The maximum absolute atomic E-state index is 5.81. The van der Waals surface area contributed by atoms with Crippen LogP contribution in [0.25, 0.3) is 10.4 Å². The quantitative estimate of drug-likeness (QED) is 0.935. The fourth-order valence-corrected chi connectivity index (χ4v) is 3.11. The number of hydrogen-bond acceptors (Lipinski definition) is 5. The number of hydrogen-bond donors (Lipinski definition) is 1. The van der Waals surface area contributed by atoms with E-state index in [9.17, 15) is 0 Å². The number of benzene rings is 1. The van der Waals surface area contributed by atoms with Crippen LogP contribution in [0.5, 0.6) is 11.5 Å². The van der Waals surface area contributed by atoms with Crippen LogP contribution in [0.1, 0.15) is 12.5 Å². The second-order valence-corrected chi connectivity index (χ2v) is 5.60. The molecular formula is C14H16N2O2S. The fourth-order valence-electron chi connectivity index (χ4n) is 2.32. The van der Waals surface area contributed by atoms with Crippen molar-refractivity contribution < 1.29 is 9.47 Å². The molecule has 2 heterocycles. The van der Waals surface area contributed by atoms with Gasteiger partial charge in [-0.15, -0.1) is 0 Å². The molecule has 0 spiro atoms. The van der Waals surface area contributed by atoms with Crippen molar-refractivity contribution in [3.63, 3.8) is 0 Å². The van der Waals surface area contributed by atoms with E-state index in [4.69, 9.17) is 9.47 Å². The highest BCUT2D eigenvalue weighted by Crippen LogP contribution is 2.42. The first-order valence-corrected chi connectivity index (χ1v) is 7.04. The van der Waals surface area contributed by atoms with Gasteiger partial charge in [0.1, 0.15) is 17.6 Å². The van der Waals surface area contributed by atoms with Gasteiger partial charge < -0.3 is 14.8 Å². The molecule has 5 heteroatoms. The maximum Gasteiger partial charge on any atom is 0.182 e. The van der Waals surface area contributed by atoms with Crippen LogP contribution in [0.4, 0.5) is 5.13 Å². The van der Waals surface area contributed by atoms with Crippen molar-refractivity contribution in [1.29, 1.82) is 0 Å². The molecule has 1 atom stereocenters. The molecule has 1 aromatic heterocycles. The Hall–Kier alpha value is -1.75. The van der Waals surface area contributed by atoms with Crippen molar-refractivity contribution in [3.05, 3.63) is 23.9 Å².